The van der Waals surface area contributed by atoms with Crippen LogP contribution in [-0.2, 0) is 72.0 Å². The van der Waals surface area contributed by atoms with E-state index in [0.29, 0.717) is 0 Å². The Bertz CT molecular complexity index is 15.5. The van der Waals surface area contributed by atoms with Gasteiger partial charge >= 0.3 is 0 Å². The smallest absolute Gasteiger partial charge is 0 e. The Morgan fingerprint density at radius 3 is 1.00 bits per heavy atom. The Balaban J connectivity index is 0. The van der Waals surface area contributed by atoms with Crippen molar-refractivity contribution in [2.24, 2.45) is 0 Å². The number of rotatable bonds is 0. The van der Waals surface area contributed by atoms with Crippen LogP contribution in [0.5, 0.6) is 0 Å². The van der Waals surface area contributed by atoms with Crippen LogP contribution in [0.4, 0.5) is 0 Å². The van der Waals surface area contributed by atoms with E-state index < -0.39 is 0 Å². The minimum atomic E-state index is 0. The summed E-state index contributed by atoms with van der Waals surface area (Å²) in [6.45, 7) is 0. The van der Waals surface area contributed by atoms with Crippen molar-refractivity contribution >= 4 is 11.0 Å². The first kappa shape index (κ1) is 78.1. The summed E-state index contributed by atoms with van der Waals surface area (Å²) in [4.78, 5) is 0. The Kier molecular flexibility index (Phi) is 672. The van der Waals surface area contributed by atoms with Gasteiger partial charge in [-0.3, -0.25) is 0 Å². The quantitative estimate of drug-likeness (QED) is 0.408. The summed E-state index contributed by atoms with van der Waals surface area (Å²) in [7, 11) is 0. The van der Waals surface area contributed by atoms with Gasteiger partial charge in [0, 0.05) is 72.0 Å². The molecule has 0 saturated carbocycles. The largest absolute Gasteiger partial charge is 0.358 e. The third-order valence-corrected chi connectivity index (χ3v) is 0. The molecule has 0 unspecified atom stereocenters. The molecule has 0 saturated heterocycles. The van der Waals surface area contributed by atoms with Crippen molar-refractivity contribution in [3.63, 3.8) is 0 Å². The Morgan fingerprint density at radius 1 is 1.00 bits per heavy atom. The van der Waals surface area contributed by atoms with Crippen molar-refractivity contribution in [1.82, 2.24) is 0 Å². The predicted molar refractivity (Wildman–Crippen MR) is 16.4 cm³/mol. The first-order chi connectivity index (χ1) is 0. The molecular weight excluding hydrogens is 302 g/mol. The molecule has 2 radical (unpaired) electrons. The fourth-order valence-electron chi connectivity index (χ4n) is 0. The van der Waals surface area contributed by atoms with Crippen molar-refractivity contribution in [3.8, 4) is 0 Å². The van der Waals surface area contributed by atoms with Gasteiger partial charge < -0.3 is 7.43 Å². The SMILES string of the molecule is [CH3-].[Cr].[Mn].[Mo].[Ni].[SiH3]. The first-order valence-electron chi connectivity index (χ1n) is 0. The van der Waals surface area contributed by atoms with Crippen LogP contribution in [0.15, 0.2) is 0 Å². The zero-order valence-corrected chi connectivity index (χ0v) is 11.0. The zero-order chi connectivity index (χ0) is 0. The predicted octanol–water partition coefficient (Wildman–Crippen LogP) is -0.744. The second-order valence-corrected chi connectivity index (χ2v) is 0. The van der Waals surface area contributed by atoms with Crippen LogP contribution in [0.1, 0.15) is 0 Å². The van der Waals surface area contributed by atoms with Crippen LogP contribution in [0.3, 0.4) is 0 Å². The molecule has 0 spiro atoms. The first-order valence-corrected chi connectivity index (χ1v) is 0. The average molecular weight is 308 g/mol. The molecule has 0 fully saturated rings. The van der Waals surface area contributed by atoms with Gasteiger partial charge in [0.2, 0.25) is 0 Å². The van der Waals surface area contributed by atoms with Gasteiger partial charge in [-0.25, -0.2) is 0 Å². The summed E-state index contributed by atoms with van der Waals surface area (Å²) in [5.74, 6) is 0. The van der Waals surface area contributed by atoms with Crippen molar-refractivity contribution in [2.75, 3.05) is 0 Å². The maximum Gasteiger partial charge on any atom is 0 e. The molecule has 0 aromatic rings. The minimum absolute atomic E-state index is 0. The molecule has 5 heteroatoms. The second-order valence-electron chi connectivity index (χ2n) is 0. The molecule has 0 heterocycles. The van der Waals surface area contributed by atoms with E-state index in [1.165, 1.54) is 0 Å². The van der Waals surface area contributed by atoms with E-state index in [0.717, 1.165) is 0 Å². The van der Waals surface area contributed by atoms with Crippen LogP contribution >= 0.6 is 0 Å². The van der Waals surface area contributed by atoms with E-state index >= 15 is 0 Å². The van der Waals surface area contributed by atoms with Crippen LogP contribution in [0, 0.1) is 7.43 Å². The molecule has 0 aromatic carbocycles. The van der Waals surface area contributed by atoms with E-state index in [-0.39, 0.29) is 90.4 Å². The Labute approximate surface area is 89.4 Å². The van der Waals surface area contributed by atoms with Gasteiger partial charge in [0.15, 0.2) is 0 Å². The molecule has 0 aliphatic carbocycles. The van der Waals surface area contributed by atoms with Crippen molar-refractivity contribution < 1.29 is 72.0 Å². The van der Waals surface area contributed by atoms with Gasteiger partial charge in [0.25, 0.3) is 0 Å². The van der Waals surface area contributed by atoms with Gasteiger partial charge in [-0.1, -0.05) is 0 Å². The van der Waals surface area contributed by atoms with Crippen LogP contribution in [0.2, 0.25) is 0 Å². The van der Waals surface area contributed by atoms with Crippen LogP contribution in [-0.4, -0.2) is 11.0 Å². The van der Waals surface area contributed by atoms with Gasteiger partial charge in [-0.05, 0) is 11.0 Å². The molecule has 0 bridgehead atoms. The fourth-order valence-corrected chi connectivity index (χ4v) is 0. The Morgan fingerprint density at radius 2 is 1.00 bits per heavy atom. The van der Waals surface area contributed by atoms with E-state index in [1.807, 2.05) is 0 Å². The van der Waals surface area contributed by atoms with Gasteiger partial charge in [-0.15, -0.1) is 0 Å². The summed E-state index contributed by atoms with van der Waals surface area (Å²) in [6, 6.07) is 0. The van der Waals surface area contributed by atoms with Gasteiger partial charge in [0.05, 0.1) is 0 Å². The monoisotopic (exact) mass is 309 g/mol. The van der Waals surface area contributed by atoms with E-state index in [9.17, 15) is 0 Å². The molecule has 0 atom stereocenters. The number of hydrogen-bond acceptors (Lipinski definition) is 0. The van der Waals surface area contributed by atoms with E-state index in [1.54, 1.807) is 0 Å². The van der Waals surface area contributed by atoms with E-state index in [2.05, 4.69) is 0 Å². The molecule has 0 aliphatic heterocycles. The summed E-state index contributed by atoms with van der Waals surface area (Å²) in [5, 5.41) is 0. The average Bonchev–Trinajstić information content (AvgIpc) is 0. The van der Waals surface area contributed by atoms with Crippen molar-refractivity contribution in [2.45, 2.75) is 0 Å². The molecule has 44 valence electrons. The molecular formula is CH6CrMnMoNiSi-. The zero-order valence-electron chi connectivity index (χ0n) is 3.51. The number of hydrogen-bond donors (Lipinski definition) is 0. The maximum atomic E-state index is 0. The standard InChI is InChI=1S/CH3.Cr.Mn.Mo.Ni.H3Si/h1H3;;;;;1H3/q-1;;;;;. The molecule has 0 aromatic heterocycles. The van der Waals surface area contributed by atoms with Gasteiger partial charge in [-0.2, -0.15) is 0 Å². The minimum Gasteiger partial charge on any atom is -0.358 e. The maximum absolute atomic E-state index is 0. The third kappa shape index (κ3) is 31.9. The third-order valence-electron chi connectivity index (χ3n) is 0. The molecule has 0 N–H and O–H groups in total. The van der Waals surface area contributed by atoms with Crippen molar-refractivity contribution in [1.29, 1.82) is 0 Å². The molecule has 6 heavy (non-hydrogen) atoms. The summed E-state index contributed by atoms with van der Waals surface area (Å²) >= 11 is 0. The topological polar surface area (TPSA) is 0 Å². The van der Waals surface area contributed by atoms with Crippen LogP contribution in [0.25, 0.3) is 0 Å². The summed E-state index contributed by atoms with van der Waals surface area (Å²) < 4.78 is 0. The van der Waals surface area contributed by atoms with E-state index in [4.69, 9.17) is 0 Å². The Hall–Kier alpha value is 2.45. The summed E-state index contributed by atoms with van der Waals surface area (Å²) in [5.41, 5.74) is 0. The summed E-state index contributed by atoms with van der Waals surface area (Å²) in [6.07, 6.45) is 0. The van der Waals surface area contributed by atoms with Crippen molar-refractivity contribution in [3.05, 3.63) is 7.43 Å². The van der Waals surface area contributed by atoms with Crippen LogP contribution < -0.4 is 0 Å². The fraction of sp³-hybridized carbons (Fsp3) is 0. The molecule has 0 nitrogen and oxygen atoms in total. The molecule has 0 rings (SSSR count). The second kappa shape index (κ2) is 51.6. The van der Waals surface area contributed by atoms with Gasteiger partial charge in [0.1, 0.15) is 0 Å². The normalized spacial score (nSPS) is 0. The molecule has 0 amide bonds. The molecule has 0 aliphatic rings.